The first kappa shape index (κ1) is 12.3. The molecule has 0 atom stereocenters. The van der Waals surface area contributed by atoms with Crippen LogP contribution in [0.4, 0.5) is 0 Å². The molecule has 0 spiro atoms. The molecule has 0 aliphatic rings. The maximum Gasteiger partial charge on any atom is 0.120 e. The van der Waals surface area contributed by atoms with Crippen LogP contribution in [0.25, 0.3) is 32.3 Å². The molecule has 0 saturated carbocycles. The zero-order valence-electron chi connectivity index (χ0n) is 11.8. The summed E-state index contributed by atoms with van der Waals surface area (Å²) in [5.41, 5.74) is 1.36. The first-order chi connectivity index (χ1) is 10.4. The first-order valence-corrected chi connectivity index (χ1v) is 7.47. The van der Waals surface area contributed by atoms with Crippen molar-refractivity contribution in [1.29, 1.82) is 0 Å². The van der Waals surface area contributed by atoms with Crippen LogP contribution < -0.4 is 0 Å². The molecule has 1 heteroatoms. The highest BCUT2D eigenvalue weighted by molar-refractivity contribution is 6.23. The second-order valence-corrected chi connectivity index (χ2v) is 5.64. The van der Waals surface area contributed by atoms with Gasteiger partial charge in [-0.2, -0.15) is 0 Å². The van der Waals surface area contributed by atoms with Crippen LogP contribution in [0.5, 0.6) is 0 Å². The summed E-state index contributed by atoms with van der Waals surface area (Å²) in [6.07, 6.45) is 3.53. The minimum Gasteiger partial charge on any atom is -0.303 e. The fourth-order valence-electron chi connectivity index (χ4n) is 3.42. The van der Waals surface area contributed by atoms with Gasteiger partial charge >= 0.3 is 0 Å². The van der Waals surface area contributed by atoms with Crippen LogP contribution >= 0.6 is 0 Å². The average Bonchev–Trinajstić information content (AvgIpc) is 2.53. The number of hydrogen-bond donors (Lipinski definition) is 0. The average molecular weight is 272 g/mol. The van der Waals surface area contributed by atoms with Gasteiger partial charge in [-0.05, 0) is 50.7 Å². The summed E-state index contributed by atoms with van der Waals surface area (Å²) in [4.78, 5) is 10.6. The molecule has 0 aliphatic carbocycles. The number of carbonyl (C=O) groups excluding carboxylic acids is 1. The van der Waals surface area contributed by atoms with Crippen LogP contribution in [-0.4, -0.2) is 6.29 Å². The van der Waals surface area contributed by atoms with E-state index in [9.17, 15) is 4.79 Å². The second kappa shape index (κ2) is 4.85. The number of carbonyl (C=O) groups is 1. The molecule has 0 bridgehead atoms. The van der Waals surface area contributed by atoms with E-state index in [1.54, 1.807) is 0 Å². The molecule has 0 heterocycles. The Morgan fingerprint density at radius 2 is 1.52 bits per heavy atom. The zero-order chi connectivity index (χ0) is 14.2. The maximum absolute atomic E-state index is 10.6. The van der Waals surface area contributed by atoms with Crippen molar-refractivity contribution in [3.8, 4) is 0 Å². The first-order valence-electron chi connectivity index (χ1n) is 7.47. The minimum absolute atomic E-state index is 0.638. The third-order valence-electron chi connectivity index (χ3n) is 4.36. The standard InChI is InChI=1S/C20H16O/c21-12-2-1-5-16-13-17-8-3-6-14-10-11-15-7-4-9-18(16)20(15)19(14)17/h3-4,6-13H,1-2,5H2. The Kier molecular flexibility index (Phi) is 2.85. The predicted octanol–water partition coefficient (Wildman–Crippen LogP) is 5.11. The number of aldehydes is 1. The lowest BCUT2D eigenvalue weighted by Gasteiger charge is -2.14. The molecule has 0 unspecified atom stereocenters. The van der Waals surface area contributed by atoms with Gasteiger partial charge in [0.1, 0.15) is 6.29 Å². The van der Waals surface area contributed by atoms with Crippen molar-refractivity contribution in [2.24, 2.45) is 0 Å². The second-order valence-electron chi connectivity index (χ2n) is 5.64. The number of benzene rings is 4. The van der Waals surface area contributed by atoms with Crippen molar-refractivity contribution >= 4 is 38.6 Å². The van der Waals surface area contributed by atoms with Crippen LogP contribution in [0.1, 0.15) is 18.4 Å². The quantitative estimate of drug-likeness (QED) is 0.287. The molecule has 4 aromatic rings. The van der Waals surface area contributed by atoms with Crippen molar-refractivity contribution in [3.63, 3.8) is 0 Å². The van der Waals surface area contributed by atoms with Gasteiger partial charge in [0.2, 0.25) is 0 Å². The monoisotopic (exact) mass is 272 g/mol. The molecule has 102 valence electrons. The van der Waals surface area contributed by atoms with E-state index in [0.717, 1.165) is 19.1 Å². The normalized spacial score (nSPS) is 11.6. The number of hydrogen-bond acceptors (Lipinski definition) is 1. The fraction of sp³-hybridized carbons (Fsp3) is 0.150. The predicted molar refractivity (Wildman–Crippen MR) is 89.1 cm³/mol. The van der Waals surface area contributed by atoms with Crippen LogP contribution in [0.3, 0.4) is 0 Å². The van der Waals surface area contributed by atoms with E-state index in [1.165, 1.54) is 37.9 Å². The Bertz CT molecular complexity index is 936. The molecule has 0 aromatic heterocycles. The van der Waals surface area contributed by atoms with E-state index < -0.39 is 0 Å². The van der Waals surface area contributed by atoms with E-state index >= 15 is 0 Å². The molecule has 0 fully saturated rings. The summed E-state index contributed by atoms with van der Waals surface area (Å²) in [6.45, 7) is 0. The van der Waals surface area contributed by atoms with Crippen molar-refractivity contribution in [2.75, 3.05) is 0 Å². The smallest absolute Gasteiger partial charge is 0.120 e. The van der Waals surface area contributed by atoms with Gasteiger partial charge in [0.25, 0.3) is 0 Å². The summed E-state index contributed by atoms with van der Waals surface area (Å²) < 4.78 is 0. The largest absolute Gasteiger partial charge is 0.303 e. The molecular formula is C20H16O. The molecule has 0 amide bonds. The van der Waals surface area contributed by atoms with Gasteiger partial charge in [-0.25, -0.2) is 0 Å². The van der Waals surface area contributed by atoms with Gasteiger partial charge in [-0.3, -0.25) is 0 Å². The van der Waals surface area contributed by atoms with Crippen LogP contribution in [0.2, 0.25) is 0 Å². The molecule has 4 aromatic carbocycles. The van der Waals surface area contributed by atoms with Crippen molar-refractivity contribution < 1.29 is 4.79 Å². The summed E-state index contributed by atoms with van der Waals surface area (Å²) in [5, 5.41) is 7.98. The Hall–Kier alpha value is -2.41. The summed E-state index contributed by atoms with van der Waals surface area (Å²) in [5.74, 6) is 0. The van der Waals surface area contributed by atoms with E-state index in [4.69, 9.17) is 0 Å². The molecular weight excluding hydrogens is 256 g/mol. The Balaban J connectivity index is 2.07. The lowest BCUT2D eigenvalue weighted by Crippen LogP contribution is -1.92. The fourth-order valence-corrected chi connectivity index (χ4v) is 3.42. The maximum atomic E-state index is 10.6. The van der Waals surface area contributed by atoms with Gasteiger partial charge in [-0.15, -0.1) is 0 Å². The number of unbranched alkanes of at least 4 members (excludes halogenated alkanes) is 1. The number of aryl methyl sites for hydroxylation is 1. The van der Waals surface area contributed by atoms with Gasteiger partial charge in [0, 0.05) is 6.42 Å². The van der Waals surface area contributed by atoms with Crippen molar-refractivity contribution in [2.45, 2.75) is 19.3 Å². The molecule has 21 heavy (non-hydrogen) atoms. The molecule has 0 saturated heterocycles. The summed E-state index contributed by atoms with van der Waals surface area (Å²) in [7, 11) is 0. The SMILES string of the molecule is O=CCCCc1cc2cccc3ccc4cccc1c4c32. The molecule has 1 nitrogen and oxygen atoms in total. The molecule has 4 rings (SSSR count). The zero-order valence-corrected chi connectivity index (χ0v) is 11.8. The highest BCUT2D eigenvalue weighted by Gasteiger charge is 2.10. The molecule has 0 radical (unpaired) electrons. The van der Waals surface area contributed by atoms with E-state index in [1.807, 2.05) is 0 Å². The molecule has 0 N–H and O–H groups in total. The minimum atomic E-state index is 0.638. The topological polar surface area (TPSA) is 17.1 Å². The summed E-state index contributed by atoms with van der Waals surface area (Å²) >= 11 is 0. The van der Waals surface area contributed by atoms with Gasteiger partial charge in [0.05, 0.1) is 0 Å². The Labute approximate surface area is 123 Å². The van der Waals surface area contributed by atoms with E-state index in [2.05, 4.69) is 54.6 Å². The van der Waals surface area contributed by atoms with Gasteiger partial charge in [0.15, 0.2) is 0 Å². The highest BCUT2D eigenvalue weighted by Crippen LogP contribution is 2.36. The van der Waals surface area contributed by atoms with Crippen LogP contribution in [0.15, 0.2) is 54.6 Å². The Morgan fingerprint density at radius 3 is 2.33 bits per heavy atom. The van der Waals surface area contributed by atoms with E-state index in [0.29, 0.717) is 6.42 Å². The third-order valence-corrected chi connectivity index (χ3v) is 4.36. The lowest BCUT2D eigenvalue weighted by atomic mass is 9.90. The number of rotatable bonds is 4. The molecule has 0 aliphatic heterocycles. The Morgan fingerprint density at radius 1 is 0.810 bits per heavy atom. The van der Waals surface area contributed by atoms with Crippen LogP contribution in [-0.2, 0) is 11.2 Å². The van der Waals surface area contributed by atoms with Crippen LogP contribution in [0, 0.1) is 0 Å². The van der Waals surface area contributed by atoms with Crippen molar-refractivity contribution in [1.82, 2.24) is 0 Å². The van der Waals surface area contributed by atoms with Gasteiger partial charge < -0.3 is 4.79 Å². The van der Waals surface area contributed by atoms with Crippen molar-refractivity contribution in [3.05, 3.63) is 60.2 Å². The van der Waals surface area contributed by atoms with Gasteiger partial charge in [-0.1, -0.05) is 54.6 Å². The third kappa shape index (κ3) is 1.89. The summed E-state index contributed by atoms with van der Waals surface area (Å²) in [6, 6.07) is 19.7. The van der Waals surface area contributed by atoms with E-state index in [-0.39, 0.29) is 0 Å². The lowest BCUT2D eigenvalue weighted by molar-refractivity contribution is -0.107. The highest BCUT2D eigenvalue weighted by atomic mass is 16.1.